The standard InChI is InChI=1S/C18H29N3O2.HI/c1-4-19-17(21-13-18(22)9-6-10-18)20-12-15(3)23-16-8-5-7-14(2)11-16;/h5,7-8,11,15,22H,4,6,9-10,12-13H2,1-3H3,(H2,19,20,21);1H. The molecule has 1 saturated carbocycles. The van der Waals surface area contributed by atoms with Crippen LogP contribution in [0.1, 0.15) is 38.7 Å². The quantitative estimate of drug-likeness (QED) is 0.342. The monoisotopic (exact) mass is 447 g/mol. The van der Waals surface area contributed by atoms with Crippen LogP contribution in [0.2, 0.25) is 0 Å². The Hall–Kier alpha value is -1.02. The predicted octanol–water partition coefficient (Wildman–Crippen LogP) is 2.85. The van der Waals surface area contributed by atoms with Gasteiger partial charge in [0.05, 0.1) is 18.7 Å². The van der Waals surface area contributed by atoms with Crippen LogP contribution in [0.4, 0.5) is 0 Å². The molecule has 136 valence electrons. The Morgan fingerprint density at radius 2 is 2.12 bits per heavy atom. The highest BCUT2D eigenvalue weighted by Gasteiger charge is 2.34. The molecule has 0 aromatic heterocycles. The third kappa shape index (κ3) is 6.84. The number of aliphatic imine (C=N–C) groups is 1. The van der Waals surface area contributed by atoms with Gasteiger partial charge in [0.15, 0.2) is 5.96 Å². The van der Waals surface area contributed by atoms with Crippen molar-refractivity contribution >= 4 is 29.9 Å². The molecule has 3 N–H and O–H groups in total. The van der Waals surface area contributed by atoms with Gasteiger partial charge >= 0.3 is 0 Å². The first kappa shape index (κ1) is 21.0. The topological polar surface area (TPSA) is 65.9 Å². The van der Waals surface area contributed by atoms with Gasteiger partial charge in [0.1, 0.15) is 11.9 Å². The zero-order valence-corrected chi connectivity index (χ0v) is 17.2. The lowest BCUT2D eigenvalue weighted by Crippen LogP contribution is -2.45. The highest BCUT2D eigenvalue weighted by atomic mass is 127. The average Bonchev–Trinajstić information content (AvgIpc) is 2.48. The highest BCUT2D eigenvalue weighted by Crippen LogP contribution is 2.31. The van der Waals surface area contributed by atoms with Crippen molar-refractivity contribution in [2.45, 2.75) is 51.7 Å². The third-order valence-corrected chi connectivity index (χ3v) is 4.04. The lowest BCUT2D eigenvalue weighted by atomic mass is 9.80. The normalized spacial score (nSPS) is 17.2. The molecule has 0 amide bonds. The molecular formula is C18H30IN3O2. The summed E-state index contributed by atoms with van der Waals surface area (Å²) in [4.78, 5) is 4.49. The first-order valence-electron chi connectivity index (χ1n) is 8.49. The fraction of sp³-hybridized carbons (Fsp3) is 0.611. The first-order valence-corrected chi connectivity index (χ1v) is 8.49. The molecule has 24 heavy (non-hydrogen) atoms. The van der Waals surface area contributed by atoms with Crippen LogP contribution in [0.15, 0.2) is 29.3 Å². The van der Waals surface area contributed by atoms with Crippen molar-refractivity contribution in [3.63, 3.8) is 0 Å². The van der Waals surface area contributed by atoms with Crippen molar-refractivity contribution in [1.29, 1.82) is 0 Å². The number of aliphatic hydroxyl groups is 1. The number of guanidine groups is 1. The Kier molecular flexibility index (Phi) is 8.83. The van der Waals surface area contributed by atoms with Crippen LogP contribution in [0.5, 0.6) is 5.75 Å². The maximum atomic E-state index is 10.1. The van der Waals surface area contributed by atoms with Crippen LogP contribution < -0.4 is 15.4 Å². The van der Waals surface area contributed by atoms with E-state index in [1.54, 1.807) is 0 Å². The minimum atomic E-state index is -0.591. The van der Waals surface area contributed by atoms with E-state index in [-0.39, 0.29) is 30.1 Å². The second kappa shape index (κ2) is 10.1. The molecule has 0 heterocycles. The maximum Gasteiger partial charge on any atom is 0.191 e. The summed E-state index contributed by atoms with van der Waals surface area (Å²) in [5, 5.41) is 16.6. The second-order valence-corrected chi connectivity index (χ2v) is 6.40. The number of hydrogen-bond donors (Lipinski definition) is 3. The van der Waals surface area contributed by atoms with Gasteiger partial charge in [-0.2, -0.15) is 0 Å². The Morgan fingerprint density at radius 3 is 2.71 bits per heavy atom. The van der Waals surface area contributed by atoms with Gasteiger partial charge in [0.2, 0.25) is 0 Å². The van der Waals surface area contributed by atoms with E-state index >= 15 is 0 Å². The van der Waals surface area contributed by atoms with E-state index in [0.717, 1.165) is 37.5 Å². The summed E-state index contributed by atoms with van der Waals surface area (Å²) in [5.74, 6) is 1.61. The molecule has 1 fully saturated rings. The van der Waals surface area contributed by atoms with Crippen molar-refractivity contribution in [3.8, 4) is 5.75 Å². The van der Waals surface area contributed by atoms with Crippen molar-refractivity contribution in [1.82, 2.24) is 10.6 Å². The van der Waals surface area contributed by atoms with Gasteiger partial charge in [-0.15, -0.1) is 24.0 Å². The number of ether oxygens (including phenoxy) is 1. The van der Waals surface area contributed by atoms with Gasteiger partial charge in [0, 0.05) is 6.54 Å². The molecule has 2 rings (SSSR count). The Labute approximate surface area is 162 Å². The lowest BCUT2D eigenvalue weighted by molar-refractivity contribution is -0.0236. The van der Waals surface area contributed by atoms with Gasteiger partial charge < -0.3 is 20.5 Å². The summed E-state index contributed by atoms with van der Waals surface area (Å²) >= 11 is 0. The molecule has 0 spiro atoms. The molecule has 0 saturated heterocycles. The van der Waals surface area contributed by atoms with E-state index < -0.39 is 5.60 Å². The van der Waals surface area contributed by atoms with Gasteiger partial charge in [-0.05, 0) is 57.7 Å². The van der Waals surface area contributed by atoms with Gasteiger partial charge in [-0.1, -0.05) is 12.1 Å². The molecule has 0 aliphatic heterocycles. The number of halogens is 1. The van der Waals surface area contributed by atoms with Gasteiger partial charge in [-0.25, -0.2) is 0 Å². The van der Waals surface area contributed by atoms with Crippen molar-refractivity contribution in [2.24, 2.45) is 4.99 Å². The van der Waals surface area contributed by atoms with E-state index in [1.165, 1.54) is 5.56 Å². The van der Waals surface area contributed by atoms with Crippen LogP contribution in [0.25, 0.3) is 0 Å². The second-order valence-electron chi connectivity index (χ2n) is 6.40. The molecule has 1 unspecified atom stereocenters. The molecule has 0 radical (unpaired) electrons. The number of nitrogens with zero attached hydrogens (tertiary/aromatic N) is 1. The van der Waals surface area contributed by atoms with Crippen molar-refractivity contribution < 1.29 is 9.84 Å². The first-order chi connectivity index (χ1) is 11.0. The van der Waals surface area contributed by atoms with Gasteiger partial charge in [0.25, 0.3) is 0 Å². The molecule has 5 nitrogen and oxygen atoms in total. The number of benzene rings is 1. The maximum absolute atomic E-state index is 10.1. The molecule has 1 aromatic rings. The summed E-state index contributed by atoms with van der Waals surface area (Å²) in [6, 6.07) is 8.04. The predicted molar refractivity (Wildman–Crippen MR) is 109 cm³/mol. The fourth-order valence-corrected chi connectivity index (χ4v) is 2.51. The van der Waals surface area contributed by atoms with Crippen LogP contribution >= 0.6 is 24.0 Å². The SMILES string of the molecule is CCNC(=NCC1(O)CCC1)NCC(C)Oc1cccc(C)c1.I. The number of aryl methyl sites for hydroxylation is 1. The largest absolute Gasteiger partial charge is 0.489 e. The molecular weight excluding hydrogens is 417 g/mol. The fourth-order valence-electron chi connectivity index (χ4n) is 2.51. The Morgan fingerprint density at radius 1 is 1.38 bits per heavy atom. The Bertz CT molecular complexity index is 533. The number of hydrogen-bond acceptors (Lipinski definition) is 3. The van der Waals surface area contributed by atoms with Crippen LogP contribution in [0.3, 0.4) is 0 Å². The molecule has 1 aliphatic carbocycles. The third-order valence-electron chi connectivity index (χ3n) is 4.04. The summed E-state index contributed by atoms with van der Waals surface area (Å²) < 4.78 is 5.91. The molecule has 1 aliphatic rings. The minimum Gasteiger partial charge on any atom is -0.489 e. The summed E-state index contributed by atoms with van der Waals surface area (Å²) in [5.41, 5.74) is 0.595. The number of rotatable bonds is 7. The highest BCUT2D eigenvalue weighted by molar-refractivity contribution is 14.0. The summed E-state index contributed by atoms with van der Waals surface area (Å²) in [6.07, 6.45) is 2.82. The Balaban J connectivity index is 0.00000288. The van der Waals surface area contributed by atoms with Crippen molar-refractivity contribution in [2.75, 3.05) is 19.6 Å². The van der Waals surface area contributed by atoms with Gasteiger partial charge in [-0.3, -0.25) is 4.99 Å². The molecule has 0 bridgehead atoms. The van der Waals surface area contributed by atoms with Crippen molar-refractivity contribution in [3.05, 3.63) is 29.8 Å². The summed E-state index contributed by atoms with van der Waals surface area (Å²) in [7, 11) is 0. The molecule has 1 aromatic carbocycles. The van der Waals surface area contributed by atoms with Crippen LogP contribution in [0, 0.1) is 6.92 Å². The number of nitrogens with one attached hydrogen (secondary N) is 2. The van der Waals surface area contributed by atoms with Crippen LogP contribution in [-0.4, -0.2) is 42.4 Å². The minimum absolute atomic E-state index is 0. The van der Waals surface area contributed by atoms with Crippen LogP contribution in [-0.2, 0) is 0 Å². The van der Waals surface area contributed by atoms with E-state index in [0.29, 0.717) is 13.1 Å². The molecule has 1 atom stereocenters. The van der Waals surface area contributed by atoms with E-state index in [4.69, 9.17) is 4.74 Å². The zero-order valence-electron chi connectivity index (χ0n) is 14.8. The lowest BCUT2D eigenvalue weighted by Gasteiger charge is -2.35. The van der Waals surface area contributed by atoms with E-state index in [1.807, 2.05) is 32.0 Å². The summed E-state index contributed by atoms with van der Waals surface area (Å²) in [6.45, 7) is 8.00. The molecule has 6 heteroatoms. The van der Waals surface area contributed by atoms with E-state index in [9.17, 15) is 5.11 Å². The average molecular weight is 447 g/mol. The van der Waals surface area contributed by atoms with E-state index in [2.05, 4.69) is 28.6 Å². The smallest absolute Gasteiger partial charge is 0.191 e. The zero-order chi connectivity index (χ0) is 16.7.